The van der Waals surface area contributed by atoms with Crippen molar-refractivity contribution < 1.29 is 23.1 Å². The second-order valence-electron chi connectivity index (χ2n) is 4.14. The van der Waals surface area contributed by atoms with E-state index in [4.69, 9.17) is 20.8 Å². The van der Waals surface area contributed by atoms with E-state index in [2.05, 4.69) is 5.32 Å². The van der Waals surface area contributed by atoms with Gasteiger partial charge in [0.25, 0.3) is 5.91 Å². The molecule has 1 aromatic heterocycles. The second kappa shape index (κ2) is 6.41. The number of esters is 1. The molecule has 0 saturated heterocycles. The van der Waals surface area contributed by atoms with Crippen molar-refractivity contribution in [3.8, 4) is 0 Å². The van der Waals surface area contributed by atoms with Crippen LogP contribution in [0.4, 0.5) is 10.1 Å². The van der Waals surface area contributed by atoms with Gasteiger partial charge in [0.2, 0.25) is 0 Å². The highest BCUT2D eigenvalue weighted by Gasteiger charge is 2.15. The number of rotatable bonds is 4. The van der Waals surface area contributed by atoms with E-state index in [9.17, 15) is 14.0 Å². The summed E-state index contributed by atoms with van der Waals surface area (Å²) in [7, 11) is 0. The zero-order chi connectivity index (χ0) is 15.4. The predicted molar refractivity (Wildman–Crippen MR) is 73.8 cm³/mol. The van der Waals surface area contributed by atoms with Crippen molar-refractivity contribution in [3.05, 3.63) is 52.7 Å². The molecule has 0 radical (unpaired) electrons. The number of ether oxygens (including phenoxy) is 1. The lowest BCUT2D eigenvalue weighted by molar-refractivity contribution is -0.119. The molecule has 0 saturated carbocycles. The van der Waals surface area contributed by atoms with Gasteiger partial charge in [-0.2, -0.15) is 0 Å². The van der Waals surface area contributed by atoms with Crippen molar-refractivity contribution in [1.82, 2.24) is 0 Å². The maximum atomic E-state index is 12.9. The van der Waals surface area contributed by atoms with Crippen LogP contribution in [-0.2, 0) is 9.53 Å². The van der Waals surface area contributed by atoms with E-state index in [0.717, 1.165) is 12.1 Å². The maximum Gasteiger partial charge on any atom is 0.342 e. The van der Waals surface area contributed by atoms with E-state index < -0.39 is 24.3 Å². The van der Waals surface area contributed by atoms with E-state index in [0.29, 0.717) is 5.76 Å². The number of anilines is 1. The van der Waals surface area contributed by atoms with Gasteiger partial charge in [0.05, 0.1) is 17.0 Å². The van der Waals surface area contributed by atoms with Crippen molar-refractivity contribution in [3.63, 3.8) is 0 Å². The molecule has 0 aliphatic rings. The first-order valence-electron chi connectivity index (χ1n) is 5.93. The number of furan rings is 1. The first kappa shape index (κ1) is 15.1. The van der Waals surface area contributed by atoms with Gasteiger partial charge in [-0.05, 0) is 31.2 Å². The van der Waals surface area contributed by atoms with Crippen molar-refractivity contribution in [2.75, 3.05) is 11.9 Å². The van der Waals surface area contributed by atoms with E-state index >= 15 is 0 Å². The Hall–Kier alpha value is -2.34. The zero-order valence-corrected chi connectivity index (χ0v) is 11.7. The van der Waals surface area contributed by atoms with Crippen LogP contribution in [0.25, 0.3) is 0 Å². The summed E-state index contributed by atoms with van der Waals surface area (Å²) in [5.74, 6) is -1.36. The Morgan fingerprint density at radius 2 is 2.14 bits per heavy atom. The second-order valence-corrected chi connectivity index (χ2v) is 4.55. The molecule has 2 aromatic rings. The predicted octanol–water partition coefficient (Wildman–Crippen LogP) is 3.18. The highest BCUT2D eigenvalue weighted by atomic mass is 35.5. The minimum atomic E-state index is -0.665. The molecular weight excluding hydrogens is 301 g/mol. The standard InChI is InChI=1S/C14H11ClFNO4/c1-8-10(4-5-20-8)14(19)21-7-13(18)17-12-3-2-9(16)6-11(12)15/h2-6H,7H2,1H3,(H,17,18). The Balaban J connectivity index is 1.90. The first-order chi connectivity index (χ1) is 9.97. The zero-order valence-electron chi connectivity index (χ0n) is 11.0. The van der Waals surface area contributed by atoms with Gasteiger partial charge in [0.15, 0.2) is 6.61 Å². The Morgan fingerprint density at radius 1 is 1.38 bits per heavy atom. The molecule has 0 aliphatic carbocycles. The van der Waals surface area contributed by atoms with Crippen LogP contribution in [0, 0.1) is 12.7 Å². The summed E-state index contributed by atoms with van der Waals surface area (Å²) < 4.78 is 22.7. The van der Waals surface area contributed by atoms with E-state index in [1.54, 1.807) is 6.92 Å². The molecule has 0 spiro atoms. The molecule has 0 aliphatic heterocycles. The molecule has 1 heterocycles. The summed E-state index contributed by atoms with van der Waals surface area (Å²) in [5, 5.41) is 2.47. The molecule has 5 nitrogen and oxygen atoms in total. The van der Waals surface area contributed by atoms with Gasteiger partial charge in [-0.3, -0.25) is 4.79 Å². The fourth-order valence-corrected chi connectivity index (χ4v) is 1.80. The van der Waals surface area contributed by atoms with E-state index in [-0.39, 0.29) is 16.3 Å². The topological polar surface area (TPSA) is 68.5 Å². The highest BCUT2D eigenvalue weighted by molar-refractivity contribution is 6.33. The van der Waals surface area contributed by atoms with Crippen LogP contribution in [0.15, 0.2) is 34.9 Å². The number of halogens is 2. The lowest BCUT2D eigenvalue weighted by atomic mass is 10.3. The van der Waals surface area contributed by atoms with Gasteiger partial charge in [-0.15, -0.1) is 0 Å². The fourth-order valence-electron chi connectivity index (χ4n) is 1.58. The average molecular weight is 312 g/mol. The minimum Gasteiger partial charge on any atom is -0.469 e. The summed E-state index contributed by atoms with van der Waals surface area (Å²) >= 11 is 5.76. The third kappa shape index (κ3) is 3.82. The van der Waals surface area contributed by atoms with Crippen LogP contribution < -0.4 is 5.32 Å². The molecular formula is C14H11ClFNO4. The van der Waals surface area contributed by atoms with E-state index in [1.165, 1.54) is 18.4 Å². The molecule has 1 N–H and O–H groups in total. The van der Waals surface area contributed by atoms with Gasteiger partial charge >= 0.3 is 5.97 Å². The number of amides is 1. The molecule has 0 unspecified atom stereocenters. The minimum absolute atomic E-state index is 0.0559. The van der Waals surface area contributed by atoms with Gasteiger partial charge in [0, 0.05) is 0 Å². The Bertz CT molecular complexity index is 683. The van der Waals surface area contributed by atoms with Crippen LogP contribution in [0.3, 0.4) is 0 Å². The molecule has 110 valence electrons. The van der Waals surface area contributed by atoms with Crippen LogP contribution in [0.1, 0.15) is 16.1 Å². The quantitative estimate of drug-likeness (QED) is 0.881. The summed E-state index contributed by atoms with van der Waals surface area (Å²) in [6.45, 7) is 1.12. The van der Waals surface area contributed by atoms with Crippen LogP contribution in [0.2, 0.25) is 5.02 Å². The molecule has 21 heavy (non-hydrogen) atoms. The Labute approximate surface area is 124 Å². The monoisotopic (exact) mass is 311 g/mol. The molecule has 1 aromatic carbocycles. The van der Waals surface area contributed by atoms with Crippen molar-refractivity contribution >= 4 is 29.2 Å². The van der Waals surface area contributed by atoms with Crippen molar-refractivity contribution in [2.45, 2.75) is 6.92 Å². The summed E-state index contributed by atoms with van der Waals surface area (Å²) in [5.41, 5.74) is 0.487. The Kier molecular flexibility index (Phi) is 4.59. The van der Waals surface area contributed by atoms with Crippen LogP contribution in [0.5, 0.6) is 0 Å². The number of benzene rings is 1. The third-order valence-corrected chi connectivity index (χ3v) is 2.93. The molecule has 2 rings (SSSR count). The number of carbonyl (C=O) groups excluding carboxylic acids is 2. The van der Waals surface area contributed by atoms with Gasteiger partial charge in [0.1, 0.15) is 17.1 Å². The number of aryl methyl sites for hydroxylation is 1. The highest BCUT2D eigenvalue weighted by Crippen LogP contribution is 2.22. The number of carbonyl (C=O) groups is 2. The third-order valence-electron chi connectivity index (χ3n) is 2.62. The van der Waals surface area contributed by atoms with Crippen LogP contribution in [-0.4, -0.2) is 18.5 Å². The van der Waals surface area contributed by atoms with Crippen molar-refractivity contribution in [2.24, 2.45) is 0 Å². The SMILES string of the molecule is Cc1occc1C(=O)OCC(=O)Nc1ccc(F)cc1Cl. The van der Waals surface area contributed by atoms with Gasteiger partial charge < -0.3 is 14.5 Å². The summed E-state index contributed by atoms with van der Waals surface area (Å²) in [6, 6.07) is 4.99. The molecule has 1 amide bonds. The molecule has 0 atom stereocenters. The van der Waals surface area contributed by atoms with Gasteiger partial charge in [-0.25, -0.2) is 9.18 Å². The number of hydrogen-bond donors (Lipinski definition) is 1. The number of hydrogen-bond acceptors (Lipinski definition) is 4. The number of nitrogens with one attached hydrogen (secondary N) is 1. The smallest absolute Gasteiger partial charge is 0.342 e. The lowest BCUT2D eigenvalue weighted by Crippen LogP contribution is -2.21. The normalized spacial score (nSPS) is 10.2. The summed E-state index contributed by atoms with van der Waals surface area (Å²) in [6.07, 6.45) is 1.35. The van der Waals surface area contributed by atoms with Gasteiger partial charge in [-0.1, -0.05) is 11.6 Å². The largest absolute Gasteiger partial charge is 0.469 e. The Morgan fingerprint density at radius 3 is 2.76 bits per heavy atom. The first-order valence-corrected chi connectivity index (χ1v) is 6.31. The molecule has 0 fully saturated rings. The fraction of sp³-hybridized carbons (Fsp3) is 0.143. The average Bonchev–Trinajstić information content (AvgIpc) is 2.85. The maximum absolute atomic E-state index is 12.9. The summed E-state index contributed by atoms with van der Waals surface area (Å²) in [4.78, 5) is 23.3. The van der Waals surface area contributed by atoms with Crippen LogP contribution >= 0.6 is 11.6 Å². The van der Waals surface area contributed by atoms with E-state index in [1.807, 2.05) is 0 Å². The lowest BCUT2D eigenvalue weighted by Gasteiger charge is -2.07. The molecule has 7 heteroatoms. The molecule has 0 bridgehead atoms. The van der Waals surface area contributed by atoms with Crippen molar-refractivity contribution in [1.29, 1.82) is 0 Å².